The van der Waals surface area contributed by atoms with Crippen LogP contribution in [-0.4, -0.2) is 70.9 Å². The number of carboxylic acid groups (broad SMARTS) is 1. The molecule has 0 fully saturated rings. The molecule has 4 N–H and O–H groups in total. The predicted molar refractivity (Wildman–Crippen MR) is 115 cm³/mol. The summed E-state index contributed by atoms with van der Waals surface area (Å²) in [6.07, 6.45) is 4.86. The zero-order valence-electron chi connectivity index (χ0n) is 17.2. The van der Waals surface area contributed by atoms with Gasteiger partial charge < -0.3 is 21.1 Å². The van der Waals surface area contributed by atoms with E-state index in [9.17, 15) is 24.3 Å². The lowest BCUT2D eigenvalue weighted by atomic mass is 10.0. The van der Waals surface area contributed by atoms with Crippen LogP contribution in [0.3, 0.4) is 0 Å². The van der Waals surface area contributed by atoms with Gasteiger partial charge in [0.1, 0.15) is 18.1 Å². The van der Waals surface area contributed by atoms with E-state index < -0.39 is 35.9 Å². The summed E-state index contributed by atoms with van der Waals surface area (Å²) in [5, 5.41) is 17.1. The number of nitrogens with one attached hydrogen (secondary N) is 3. The number of amides is 3. The van der Waals surface area contributed by atoms with Gasteiger partial charge >= 0.3 is 5.97 Å². The number of carboxylic acids is 1. The summed E-state index contributed by atoms with van der Waals surface area (Å²) in [6.45, 7) is 5.16. The molecule has 0 heterocycles. The molecule has 0 aliphatic heterocycles. The molecule has 0 aromatic rings. The minimum absolute atomic E-state index is 0.107. The van der Waals surface area contributed by atoms with Crippen LogP contribution in [0.5, 0.6) is 0 Å². The third kappa shape index (κ3) is 11.4. The molecule has 0 rings (SSSR count). The molecule has 3 atom stereocenters. The van der Waals surface area contributed by atoms with Crippen LogP contribution in [-0.2, 0) is 19.2 Å². The zero-order valence-corrected chi connectivity index (χ0v) is 18.9. The fraction of sp³-hybridized carbons (Fsp3) is 0.778. The molecule has 162 valence electrons. The predicted octanol–water partition coefficient (Wildman–Crippen LogP) is 1.10. The fourth-order valence-electron chi connectivity index (χ4n) is 2.49. The zero-order chi connectivity index (χ0) is 21.7. The van der Waals surface area contributed by atoms with Crippen molar-refractivity contribution in [2.75, 3.05) is 24.0 Å². The Morgan fingerprint density at radius 3 is 1.71 bits per heavy atom. The van der Waals surface area contributed by atoms with Crippen LogP contribution in [0.25, 0.3) is 0 Å². The maximum Gasteiger partial charge on any atom is 0.326 e. The molecule has 3 amide bonds. The lowest BCUT2D eigenvalue weighted by Crippen LogP contribution is -2.56. The summed E-state index contributed by atoms with van der Waals surface area (Å²) < 4.78 is 0. The van der Waals surface area contributed by atoms with E-state index in [2.05, 4.69) is 16.0 Å². The molecular formula is C18H33N3O5S2. The second-order valence-corrected chi connectivity index (χ2v) is 8.88. The maximum atomic E-state index is 12.7. The minimum atomic E-state index is -1.10. The van der Waals surface area contributed by atoms with Crippen molar-refractivity contribution in [1.29, 1.82) is 0 Å². The summed E-state index contributed by atoms with van der Waals surface area (Å²) in [4.78, 5) is 48.1. The van der Waals surface area contributed by atoms with Crippen molar-refractivity contribution in [3.63, 3.8) is 0 Å². The number of hydrogen-bond acceptors (Lipinski definition) is 6. The van der Waals surface area contributed by atoms with Gasteiger partial charge in [-0.15, -0.1) is 0 Å². The summed E-state index contributed by atoms with van der Waals surface area (Å²) in [7, 11) is 0. The molecule has 3 unspecified atom stereocenters. The first kappa shape index (κ1) is 26.6. The molecule has 0 aliphatic rings. The van der Waals surface area contributed by atoms with Gasteiger partial charge in [-0.05, 0) is 49.2 Å². The molecule has 0 bridgehead atoms. The Labute approximate surface area is 175 Å². The van der Waals surface area contributed by atoms with Gasteiger partial charge in [-0.3, -0.25) is 14.4 Å². The topological polar surface area (TPSA) is 125 Å². The van der Waals surface area contributed by atoms with Gasteiger partial charge in [0.15, 0.2) is 0 Å². The molecule has 0 spiro atoms. The van der Waals surface area contributed by atoms with Crippen molar-refractivity contribution in [2.45, 2.75) is 58.2 Å². The van der Waals surface area contributed by atoms with Gasteiger partial charge in [-0.2, -0.15) is 23.5 Å². The molecule has 0 saturated heterocycles. The molecule has 0 aromatic carbocycles. The molecule has 8 nitrogen and oxygen atoms in total. The van der Waals surface area contributed by atoms with Gasteiger partial charge in [0.2, 0.25) is 17.7 Å². The second kappa shape index (κ2) is 14.6. The van der Waals surface area contributed by atoms with Crippen molar-refractivity contribution in [3.8, 4) is 0 Å². The molecule has 0 radical (unpaired) electrons. The van der Waals surface area contributed by atoms with Gasteiger partial charge in [-0.1, -0.05) is 13.8 Å². The SMILES string of the molecule is CSCCC(NC(=O)C(CC(C)C)NC(=O)C(CCSC)NC(C)=O)C(=O)O. The van der Waals surface area contributed by atoms with E-state index in [0.29, 0.717) is 30.8 Å². The van der Waals surface area contributed by atoms with Crippen molar-refractivity contribution in [2.24, 2.45) is 5.92 Å². The van der Waals surface area contributed by atoms with Crippen LogP contribution in [0.1, 0.15) is 40.0 Å². The van der Waals surface area contributed by atoms with Crippen molar-refractivity contribution in [3.05, 3.63) is 0 Å². The van der Waals surface area contributed by atoms with E-state index in [4.69, 9.17) is 0 Å². The van der Waals surface area contributed by atoms with Crippen molar-refractivity contribution in [1.82, 2.24) is 16.0 Å². The van der Waals surface area contributed by atoms with E-state index in [1.54, 1.807) is 11.8 Å². The molecule has 0 aromatic heterocycles. The highest BCUT2D eigenvalue weighted by Gasteiger charge is 2.29. The average molecular weight is 436 g/mol. The van der Waals surface area contributed by atoms with Gasteiger partial charge in [-0.25, -0.2) is 4.79 Å². The minimum Gasteiger partial charge on any atom is -0.480 e. The maximum absolute atomic E-state index is 12.7. The Balaban J connectivity index is 5.20. The largest absolute Gasteiger partial charge is 0.480 e. The first-order valence-corrected chi connectivity index (χ1v) is 12.0. The lowest BCUT2D eigenvalue weighted by molar-refractivity contribution is -0.142. The second-order valence-electron chi connectivity index (χ2n) is 6.91. The molecular weight excluding hydrogens is 402 g/mol. The van der Waals surface area contributed by atoms with E-state index in [-0.39, 0.29) is 11.8 Å². The number of rotatable bonds is 14. The summed E-state index contributed by atoms with van der Waals surface area (Å²) >= 11 is 3.05. The van der Waals surface area contributed by atoms with Crippen LogP contribution >= 0.6 is 23.5 Å². The van der Waals surface area contributed by atoms with E-state index >= 15 is 0 Å². The Kier molecular flexibility index (Phi) is 13.8. The van der Waals surface area contributed by atoms with E-state index in [0.717, 1.165) is 0 Å². The average Bonchev–Trinajstić information content (AvgIpc) is 2.60. The Morgan fingerprint density at radius 1 is 0.821 bits per heavy atom. The molecule has 10 heteroatoms. The number of aliphatic carboxylic acids is 1. The lowest BCUT2D eigenvalue weighted by Gasteiger charge is -2.25. The number of carbonyl (C=O) groups excluding carboxylic acids is 3. The first-order valence-electron chi connectivity index (χ1n) is 9.20. The smallest absolute Gasteiger partial charge is 0.326 e. The standard InChI is InChI=1S/C18H33N3O5S2/c1-11(2)10-15(17(24)20-14(18(25)26)7-9-28-5)21-16(23)13(6-8-27-4)19-12(3)22/h11,13-15H,6-10H2,1-5H3,(H,19,22)(H,20,24)(H,21,23)(H,25,26). The van der Waals surface area contributed by atoms with Gasteiger partial charge in [0.25, 0.3) is 0 Å². The third-order valence-electron chi connectivity index (χ3n) is 3.87. The molecule has 0 saturated carbocycles. The Bertz CT molecular complexity index is 531. The highest BCUT2D eigenvalue weighted by atomic mass is 32.2. The third-order valence-corrected chi connectivity index (χ3v) is 5.16. The van der Waals surface area contributed by atoms with Crippen LogP contribution in [0.2, 0.25) is 0 Å². The molecule has 0 aliphatic carbocycles. The summed E-state index contributed by atoms with van der Waals surface area (Å²) in [5.41, 5.74) is 0. The molecule has 28 heavy (non-hydrogen) atoms. The van der Waals surface area contributed by atoms with Crippen LogP contribution in [0.15, 0.2) is 0 Å². The van der Waals surface area contributed by atoms with Crippen LogP contribution < -0.4 is 16.0 Å². The normalized spacial score (nSPS) is 14.1. The Hall–Kier alpha value is -1.42. The number of carbonyl (C=O) groups is 4. The summed E-state index contributed by atoms with van der Waals surface area (Å²) in [6, 6.07) is -2.61. The Morgan fingerprint density at radius 2 is 1.29 bits per heavy atom. The first-order chi connectivity index (χ1) is 13.1. The quantitative estimate of drug-likeness (QED) is 0.322. The highest BCUT2D eigenvalue weighted by Crippen LogP contribution is 2.09. The van der Waals surface area contributed by atoms with Crippen molar-refractivity contribution >= 4 is 47.2 Å². The van der Waals surface area contributed by atoms with Crippen molar-refractivity contribution < 1.29 is 24.3 Å². The van der Waals surface area contributed by atoms with Gasteiger partial charge in [0.05, 0.1) is 0 Å². The van der Waals surface area contributed by atoms with E-state index in [1.165, 1.54) is 18.7 Å². The van der Waals surface area contributed by atoms with E-state index in [1.807, 2.05) is 26.4 Å². The number of hydrogen-bond donors (Lipinski definition) is 4. The van der Waals surface area contributed by atoms with Gasteiger partial charge in [0, 0.05) is 6.92 Å². The fourth-order valence-corrected chi connectivity index (χ4v) is 3.43. The van der Waals surface area contributed by atoms with Crippen LogP contribution in [0, 0.1) is 5.92 Å². The van der Waals surface area contributed by atoms with Crippen LogP contribution in [0.4, 0.5) is 0 Å². The highest BCUT2D eigenvalue weighted by molar-refractivity contribution is 7.98. The monoisotopic (exact) mass is 435 g/mol. The summed E-state index contributed by atoms with van der Waals surface area (Å²) in [5.74, 6) is -1.02. The number of thioether (sulfide) groups is 2.